The minimum Gasteiger partial charge on any atom is -0.506 e. The minimum absolute atomic E-state index is 0.0775. The summed E-state index contributed by atoms with van der Waals surface area (Å²) < 4.78 is 18.2. The number of nitrogens with zero attached hydrogens (tertiary/aromatic N) is 2. The number of carbonyl (C=O) groups is 1. The molecule has 0 radical (unpaired) electrons. The molecular weight excluding hydrogens is 315 g/mol. The van der Waals surface area contributed by atoms with Crippen molar-refractivity contribution in [3.8, 4) is 0 Å². The zero-order valence-corrected chi connectivity index (χ0v) is 12.8. The van der Waals surface area contributed by atoms with Crippen LogP contribution in [0.25, 0.3) is 5.76 Å². The van der Waals surface area contributed by atoms with E-state index < -0.39 is 23.6 Å². The average molecular weight is 331 g/mol. The van der Waals surface area contributed by atoms with Gasteiger partial charge in [-0.25, -0.2) is 9.18 Å². The molecule has 0 aromatic carbocycles. The highest BCUT2D eigenvalue weighted by Gasteiger charge is 2.20. The number of esters is 1. The van der Waals surface area contributed by atoms with Crippen molar-refractivity contribution in [2.75, 3.05) is 13.2 Å². The van der Waals surface area contributed by atoms with Gasteiger partial charge in [0.05, 0.1) is 36.0 Å². The molecule has 22 heavy (non-hydrogen) atoms. The summed E-state index contributed by atoms with van der Waals surface area (Å²) in [5, 5.41) is 18.8. The van der Waals surface area contributed by atoms with Gasteiger partial charge in [-0.2, -0.15) is 0 Å². The van der Waals surface area contributed by atoms with Crippen LogP contribution in [-0.2, 0) is 9.53 Å². The Labute approximate surface area is 131 Å². The first-order valence-corrected chi connectivity index (χ1v) is 6.83. The molecule has 1 aromatic rings. The van der Waals surface area contributed by atoms with Gasteiger partial charge in [0.15, 0.2) is 5.82 Å². The van der Waals surface area contributed by atoms with E-state index in [0.717, 1.165) is 18.6 Å². The van der Waals surface area contributed by atoms with E-state index in [1.165, 1.54) is 0 Å². The van der Waals surface area contributed by atoms with Crippen LogP contribution >= 0.6 is 11.6 Å². The van der Waals surface area contributed by atoms with Crippen LogP contribution in [0.15, 0.2) is 23.0 Å². The summed E-state index contributed by atoms with van der Waals surface area (Å²) in [6.45, 7) is 3.04. The lowest BCUT2D eigenvalue weighted by Gasteiger charge is -2.09. The van der Waals surface area contributed by atoms with Crippen LogP contribution in [0.5, 0.6) is 0 Å². The first-order valence-electron chi connectivity index (χ1n) is 6.46. The van der Waals surface area contributed by atoms with E-state index >= 15 is 0 Å². The number of hydrogen-bond acceptors (Lipinski definition) is 6. The number of ether oxygens (including phenoxy) is 1. The number of aromatic nitrogens is 1. The Balaban J connectivity index is 3.36. The van der Waals surface area contributed by atoms with E-state index in [1.54, 1.807) is 13.8 Å². The molecule has 8 heteroatoms. The SMILES string of the molecule is CCOC(=O)/C(C=NC(C)CO)=C(\O)c1cncc(F)c1Cl. The Morgan fingerprint density at radius 1 is 1.59 bits per heavy atom. The Kier molecular flexibility index (Phi) is 6.94. The molecule has 1 aromatic heterocycles. The van der Waals surface area contributed by atoms with Crippen LogP contribution in [0.3, 0.4) is 0 Å². The maximum Gasteiger partial charge on any atom is 0.343 e. The van der Waals surface area contributed by atoms with Crippen LogP contribution in [0.4, 0.5) is 4.39 Å². The molecule has 0 spiro atoms. The van der Waals surface area contributed by atoms with Crippen molar-refractivity contribution in [2.45, 2.75) is 19.9 Å². The van der Waals surface area contributed by atoms with Gasteiger partial charge < -0.3 is 14.9 Å². The highest BCUT2D eigenvalue weighted by Crippen LogP contribution is 2.26. The molecule has 0 fully saturated rings. The molecule has 0 aliphatic rings. The van der Waals surface area contributed by atoms with Crippen LogP contribution in [0, 0.1) is 5.82 Å². The van der Waals surface area contributed by atoms with Gasteiger partial charge in [0.1, 0.15) is 11.3 Å². The number of carbonyl (C=O) groups excluding carboxylic acids is 1. The predicted octanol–water partition coefficient (Wildman–Crippen LogP) is 2.16. The number of hydrogen-bond donors (Lipinski definition) is 2. The number of rotatable bonds is 6. The third-order valence-electron chi connectivity index (χ3n) is 2.57. The maximum absolute atomic E-state index is 13.4. The second-order valence-corrected chi connectivity index (χ2v) is 4.65. The molecule has 1 heterocycles. The molecule has 0 saturated carbocycles. The first-order chi connectivity index (χ1) is 10.4. The summed E-state index contributed by atoms with van der Waals surface area (Å²) in [6, 6.07) is -0.488. The van der Waals surface area contributed by atoms with Crippen molar-refractivity contribution in [3.63, 3.8) is 0 Å². The van der Waals surface area contributed by atoms with E-state index in [1.807, 2.05) is 0 Å². The lowest BCUT2D eigenvalue weighted by Crippen LogP contribution is -2.13. The Morgan fingerprint density at radius 2 is 2.27 bits per heavy atom. The van der Waals surface area contributed by atoms with Gasteiger partial charge in [-0.1, -0.05) is 11.6 Å². The van der Waals surface area contributed by atoms with Gasteiger partial charge >= 0.3 is 5.97 Å². The van der Waals surface area contributed by atoms with Crippen molar-refractivity contribution in [3.05, 3.63) is 34.4 Å². The lowest BCUT2D eigenvalue weighted by atomic mass is 10.1. The van der Waals surface area contributed by atoms with E-state index in [4.69, 9.17) is 21.4 Å². The summed E-state index contributed by atoms with van der Waals surface area (Å²) >= 11 is 5.76. The Bertz CT molecular complexity index is 605. The molecule has 1 atom stereocenters. The molecule has 0 amide bonds. The highest BCUT2D eigenvalue weighted by atomic mass is 35.5. The summed E-state index contributed by atoms with van der Waals surface area (Å²) in [6.07, 6.45) is 3.05. The molecule has 0 aliphatic heterocycles. The highest BCUT2D eigenvalue weighted by molar-refractivity contribution is 6.32. The van der Waals surface area contributed by atoms with Gasteiger partial charge in [0, 0.05) is 12.4 Å². The number of aliphatic hydroxyl groups is 2. The summed E-state index contributed by atoms with van der Waals surface area (Å²) in [4.78, 5) is 19.4. The summed E-state index contributed by atoms with van der Waals surface area (Å²) in [5.74, 6) is -2.30. The Morgan fingerprint density at radius 3 is 2.86 bits per heavy atom. The second-order valence-electron chi connectivity index (χ2n) is 4.28. The van der Waals surface area contributed by atoms with Crippen molar-refractivity contribution in [1.82, 2.24) is 4.98 Å². The number of aliphatic imine (C=N–C) groups is 1. The zero-order valence-electron chi connectivity index (χ0n) is 12.1. The monoisotopic (exact) mass is 330 g/mol. The third-order valence-corrected chi connectivity index (χ3v) is 2.95. The van der Waals surface area contributed by atoms with Gasteiger partial charge in [-0.15, -0.1) is 0 Å². The predicted molar refractivity (Wildman–Crippen MR) is 80.4 cm³/mol. The molecule has 120 valence electrons. The quantitative estimate of drug-likeness (QED) is 0.361. The zero-order chi connectivity index (χ0) is 16.7. The summed E-state index contributed by atoms with van der Waals surface area (Å²) in [7, 11) is 0. The smallest absolute Gasteiger partial charge is 0.343 e. The van der Waals surface area contributed by atoms with Gasteiger partial charge in [0.25, 0.3) is 0 Å². The van der Waals surface area contributed by atoms with Gasteiger partial charge in [0.2, 0.25) is 0 Å². The van der Waals surface area contributed by atoms with Crippen molar-refractivity contribution in [2.24, 2.45) is 4.99 Å². The fourth-order valence-corrected chi connectivity index (χ4v) is 1.58. The molecule has 1 unspecified atom stereocenters. The second kappa shape index (κ2) is 8.45. The molecule has 2 N–H and O–H groups in total. The first kappa shape index (κ1) is 18.1. The number of halogens is 2. The third kappa shape index (κ3) is 4.51. The van der Waals surface area contributed by atoms with Crippen molar-refractivity contribution >= 4 is 29.5 Å². The fraction of sp³-hybridized carbons (Fsp3) is 0.357. The van der Waals surface area contributed by atoms with Gasteiger partial charge in [-0.3, -0.25) is 9.98 Å². The van der Waals surface area contributed by atoms with E-state index in [9.17, 15) is 14.3 Å². The van der Waals surface area contributed by atoms with Crippen LogP contribution in [0.1, 0.15) is 19.4 Å². The standard InChI is InChI=1S/C14H16ClFN2O4/c1-3-22-14(21)10(5-18-8(2)7-19)13(20)9-4-17-6-11(16)12(9)15/h4-6,8,19-20H,3,7H2,1-2H3/b13-10-,18-5?. The number of pyridine rings is 1. The van der Waals surface area contributed by atoms with Crippen LogP contribution < -0.4 is 0 Å². The molecule has 0 aliphatic carbocycles. The topological polar surface area (TPSA) is 92.0 Å². The van der Waals surface area contributed by atoms with E-state index in [2.05, 4.69) is 9.98 Å². The normalized spacial score (nSPS) is 13.9. The Hall–Kier alpha value is -1.99. The fourth-order valence-electron chi connectivity index (χ4n) is 1.40. The molecular formula is C14H16ClFN2O4. The molecule has 0 saturated heterocycles. The van der Waals surface area contributed by atoms with E-state index in [0.29, 0.717) is 0 Å². The average Bonchev–Trinajstić information content (AvgIpc) is 2.50. The summed E-state index contributed by atoms with van der Waals surface area (Å²) in [5.41, 5.74) is -0.468. The molecule has 0 bridgehead atoms. The lowest BCUT2D eigenvalue weighted by molar-refractivity contribution is -0.137. The van der Waals surface area contributed by atoms with Crippen molar-refractivity contribution < 1.29 is 24.1 Å². The van der Waals surface area contributed by atoms with Crippen LogP contribution in [-0.4, -0.2) is 46.6 Å². The van der Waals surface area contributed by atoms with Crippen molar-refractivity contribution in [1.29, 1.82) is 0 Å². The van der Waals surface area contributed by atoms with Gasteiger partial charge in [-0.05, 0) is 13.8 Å². The minimum atomic E-state index is -0.853. The molecule has 6 nitrogen and oxygen atoms in total. The maximum atomic E-state index is 13.4. The largest absolute Gasteiger partial charge is 0.506 e. The van der Waals surface area contributed by atoms with Crippen LogP contribution in [0.2, 0.25) is 5.02 Å². The molecule has 1 rings (SSSR count). The van der Waals surface area contributed by atoms with E-state index in [-0.39, 0.29) is 29.4 Å². The number of aliphatic hydroxyl groups excluding tert-OH is 2.